The molecule has 0 aliphatic heterocycles. The van der Waals surface area contributed by atoms with Gasteiger partial charge >= 0.3 is 0 Å². The fraction of sp³-hybridized carbons (Fsp3) is 0.105. The van der Waals surface area contributed by atoms with E-state index in [9.17, 15) is 9.65 Å². The molecule has 0 atom stereocenters. The van der Waals surface area contributed by atoms with E-state index in [1.807, 2.05) is 24.3 Å². The first-order valence-corrected chi connectivity index (χ1v) is 9.10. The van der Waals surface area contributed by atoms with E-state index in [1.54, 1.807) is 12.1 Å². The van der Waals surface area contributed by atoms with Gasteiger partial charge in [0, 0.05) is 17.2 Å². The van der Waals surface area contributed by atoms with Crippen molar-refractivity contribution < 1.29 is 4.39 Å². The summed E-state index contributed by atoms with van der Waals surface area (Å²) in [5.74, 6) is 0.412. The first-order chi connectivity index (χ1) is 12.6. The topological polar surface area (TPSA) is 75.6 Å². The van der Waals surface area contributed by atoms with Crippen LogP contribution >= 0.6 is 23.4 Å². The molecule has 3 rings (SSSR count). The largest absolute Gasteiger partial charge is 0.382 e. The predicted octanol–water partition coefficient (Wildman–Crippen LogP) is 4.61. The maximum absolute atomic E-state index is 13.1. The number of benzene rings is 2. The van der Waals surface area contributed by atoms with Gasteiger partial charge in [-0.1, -0.05) is 53.7 Å². The number of anilines is 1. The number of nitrogen functional groups attached to an aromatic ring is 1. The number of thioether (sulfide) groups is 1. The first-order valence-electron chi connectivity index (χ1n) is 7.74. The molecule has 1 heterocycles. The van der Waals surface area contributed by atoms with Crippen LogP contribution in [0.4, 0.5) is 10.2 Å². The normalized spacial score (nSPS) is 10.5. The summed E-state index contributed by atoms with van der Waals surface area (Å²) in [7, 11) is 0. The van der Waals surface area contributed by atoms with E-state index in [1.165, 1.54) is 23.9 Å². The van der Waals surface area contributed by atoms with Crippen molar-refractivity contribution in [2.24, 2.45) is 0 Å². The van der Waals surface area contributed by atoms with Crippen LogP contribution in [-0.4, -0.2) is 9.97 Å². The van der Waals surface area contributed by atoms with Gasteiger partial charge in [0.25, 0.3) is 0 Å². The molecule has 26 heavy (non-hydrogen) atoms. The number of nitriles is 1. The lowest BCUT2D eigenvalue weighted by molar-refractivity contribution is 0.627. The SMILES string of the molecule is N#Cc1c(N)nc(SCc2ccccc2Cl)nc1Cc1ccc(F)cc1. The number of aromatic nitrogens is 2. The van der Waals surface area contributed by atoms with E-state index >= 15 is 0 Å². The number of hydrogen-bond acceptors (Lipinski definition) is 5. The Labute approximate surface area is 159 Å². The van der Waals surface area contributed by atoms with Crippen molar-refractivity contribution in [3.05, 3.63) is 81.8 Å². The van der Waals surface area contributed by atoms with Gasteiger partial charge in [0.1, 0.15) is 23.3 Å². The first kappa shape index (κ1) is 18.2. The Morgan fingerprint density at radius 2 is 1.85 bits per heavy atom. The van der Waals surface area contributed by atoms with Crippen molar-refractivity contribution in [2.45, 2.75) is 17.3 Å². The Kier molecular flexibility index (Phi) is 5.71. The van der Waals surface area contributed by atoms with Gasteiger partial charge in [-0.15, -0.1) is 0 Å². The van der Waals surface area contributed by atoms with Crippen molar-refractivity contribution in [1.82, 2.24) is 9.97 Å². The summed E-state index contributed by atoms with van der Waals surface area (Å²) >= 11 is 7.56. The zero-order valence-electron chi connectivity index (χ0n) is 13.6. The molecule has 0 spiro atoms. The molecule has 3 aromatic rings. The van der Waals surface area contributed by atoms with Gasteiger partial charge in [0.2, 0.25) is 0 Å². The minimum absolute atomic E-state index is 0.140. The van der Waals surface area contributed by atoms with Gasteiger partial charge in [0.05, 0.1) is 5.69 Å². The van der Waals surface area contributed by atoms with Gasteiger partial charge in [-0.25, -0.2) is 14.4 Å². The maximum Gasteiger partial charge on any atom is 0.190 e. The number of hydrogen-bond donors (Lipinski definition) is 1. The standard InChI is InChI=1S/C19H14ClFN4S/c20-16-4-2-1-3-13(16)11-26-19-24-17(15(10-22)18(23)25-19)9-12-5-7-14(21)8-6-12/h1-8H,9,11H2,(H2,23,24,25). The molecule has 1 aromatic heterocycles. The summed E-state index contributed by atoms with van der Waals surface area (Å²) in [6.45, 7) is 0. The van der Waals surface area contributed by atoms with Gasteiger partial charge in [-0.3, -0.25) is 0 Å². The van der Waals surface area contributed by atoms with E-state index in [0.717, 1.165) is 11.1 Å². The second-order valence-electron chi connectivity index (χ2n) is 5.51. The fourth-order valence-corrected chi connectivity index (χ4v) is 3.53. The molecule has 4 nitrogen and oxygen atoms in total. The highest BCUT2D eigenvalue weighted by atomic mass is 35.5. The Morgan fingerprint density at radius 1 is 1.12 bits per heavy atom. The Morgan fingerprint density at radius 3 is 2.54 bits per heavy atom. The molecular weight excluding hydrogens is 371 g/mol. The van der Waals surface area contributed by atoms with Crippen LogP contribution in [0.2, 0.25) is 5.02 Å². The van der Waals surface area contributed by atoms with E-state index in [4.69, 9.17) is 17.3 Å². The highest BCUT2D eigenvalue weighted by molar-refractivity contribution is 7.98. The van der Waals surface area contributed by atoms with Crippen molar-refractivity contribution in [2.75, 3.05) is 5.73 Å². The third kappa shape index (κ3) is 4.31. The number of rotatable bonds is 5. The third-order valence-electron chi connectivity index (χ3n) is 3.70. The smallest absolute Gasteiger partial charge is 0.190 e. The molecule has 7 heteroatoms. The zero-order valence-corrected chi connectivity index (χ0v) is 15.2. The lowest BCUT2D eigenvalue weighted by atomic mass is 10.1. The van der Waals surface area contributed by atoms with Crippen molar-refractivity contribution in [3.8, 4) is 6.07 Å². The van der Waals surface area contributed by atoms with E-state index in [-0.39, 0.29) is 17.2 Å². The lowest BCUT2D eigenvalue weighted by Gasteiger charge is -2.09. The molecular formula is C19H14ClFN4S. The second-order valence-corrected chi connectivity index (χ2v) is 6.86. The minimum Gasteiger partial charge on any atom is -0.382 e. The number of nitrogens with two attached hydrogens (primary N) is 1. The molecule has 2 aromatic carbocycles. The molecule has 0 fully saturated rings. The Bertz CT molecular complexity index is 970. The van der Waals surface area contributed by atoms with Crippen LogP contribution in [0.15, 0.2) is 53.7 Å². The molecule has 0 amide bonds. The minimum atomic E-state index is -0.313. The summed E-state index contributed by atoms with van der Waals surface area (Å²) in [4.78, 5) is 8.69. The summed E-state index contributed by atoms with van der Waals surface area (Å²) in [6.07, 6.45) is 0.371. The summed E-state index contributed by atoms with van der Waals surface area (Å²) < 4.78 is 13.1. The molecule has 0 saturated carbocycles. The molecule has 0 unspecified atom stereocenters. The predicted molar refractivity (Wildman–Crippen MR) is 101 cm³/mol. The van der Waals surface area contributed by atoms with Crippen LogP contribution in [0.3, 0.4) is 0 Å². The second kappa shape index (κ2) is 8.17. The van der Waals surface area contributed by atoms with Crippen LogP contribution in [0.5, 0.6) is 0 Å². The maximum atomic E-state index is 13.1. The van der Waals surface area contributed by atoms with Gasteiger partial charge < -0.3 is 5.73 Å². The highest BCUT2D eigenvalue weighted by Crippen LogP contribution is 2.27. The summed E-state index contributed by atoms with van der Waals surface area (Å²) in [6, 6.07) is 15.7. The fourth-order valence-electron chi connectivity index (χ4n) is 2.37. The number of nitrogens with zero attached hydrogens (tertiary/aromatic N) is 3. The van der Waals surface area contributed by atoms with Crippen molar-refractivity contribution in [1.29, 1.82) is 5.26 Å². The van der Waals surface area contributed by atoms with Gasteiger partial charge in [0.15, 0.2) is 5.16 Å². The molecule has 0 radical (unpaired) electrons. The van der Waals surface area contributed by atoms with Crippen LogP contribution < -0.4 is 5.73 Å². The highest BCUT2D eigenvalue weighted by Gasteiger charge is 2.14. The van der Waals surface area contributed by atoms with Gasteiger partial charge in [-0.05, 0) is 29.3 Å². The van der Waals surface area contributed by atoms with E-state index in [2.05, 4.69) is 16.0 Å². The third-order valence-corrected chi connectivity index (χ3v) is 4.97. The summed E-state index contributed by atoms with van der Waals surface area (Å²) in [5.41, 5.74) is 8.50. The Hall–Kier alpha value is -2.62. The molecule has 2 N–H and O–H groups in total. The van der Waals surface area contributed by atoms with Crippen LogP contribution in [0.1, 0.15) is 22.4 Å². The monoisotopic (exact) mass is 384 g/mol. The molecule has 0 aliphatic rings. The lowest BCUT2D eigenvalue weighted by Crippen LogP contribution is -2.06. The number of halogens is 2. The van der Waals surface area contributed by atoms with E-state index < -0.39 is 0 Å². The van der Waals surface area contributed by atoms with Gasteiger partial charge in [-0.2, -0.15) is 5.26 Å². The van der Waals surface area contributed by atoms with Crippen LogP contribution in [0.25, 0.3) is 0 Å². The van der Waals surface area contributed by atoms with Crippen LogP contribution in [0, 0.1) is 17.1 Å². The van der Waals surface area contributed by atoms with E-state index in [0.29, 0.717) is 28.0 Å². The molecule has 0 aliphatic carbocycles. The molecule has 0 bridgehead atoms. The summed E-state index contributed by atoms with van der Waals surface area (Å²) in [5, 5.41) is 10.5. The quantitative estimate of drug-likeness (QED) is 0.513. The van der Waals surface area contributed by atoms with Crippen molar-refractivity contribution in [3.63, 3.8) is 0 Å². The molecule has 130 valence electrons. The Balaban J connectivity index is 1.85. The van der Waals surface area contributed by atoms with Crippen molar-refractivity contribution >= 4 is 29.2 Å². The average molecular weight is 385 g/mol. The van der Waals surface area contributed by atoms with Crippen LogP contribution in [-0.2, 0) is 12.2 Å². The average Bonchev–Trinajstić information content (AvgIpc) is 2.63. The molecule has 0 saturated heterocycles. The zero-order chi connectivity index (χ0) is 18.5.